The van der Waals surface area contributed by atoms with Gasteiger partial charge in [-0.25, -0.2) is 0 Å². The van der Waals surface area contributed by atoms with Gasteiger partial charge in [-0.2, -0.15) is 4.98 Å². The van der Waals surface area contributed by atoms with Crippen molar-refractivity contribution in [3.8, 4) is 0 Å². The summed E-state index contributed by atoms with van der Waals surface area (Å²) in [4.78, 5) is 23.4. The van der Waals surface area contributed by atoms with E-state index in [-0.39, 0.29) is 12.5 Å². The van der Waals surface area contributed by atoms with Crippen LogP contribution in [-0.2, 0) is 24.3 Å². The minimum absolute atomic E-state index is 0.189. The average molecular weight is 356 g/mol. The fourth-order valence-corrected chi connectivity index (χ4v) is 3.62. The van der Waals surface area contributed by atoms with Crippen molar-refractivity contribution in [2.75, 3.05) is 44.2 Å². The monoisotopic (exact) mass is 356 g/mol. The maximum absolute atomic E-state index is 12.7. The smallest absolute Gasteiger partial charge is 0.241 e. The second-order valence-electron chi connectivity index (χ2n) is 6.78. The average Bonchev–Trinajstić information content (AvgIpc) is 3.30. The van der Waals surface area contributed by atoms with Gasteiger partial charge in [-0.3, -0.25) is 14.6 Å². The lowest BCUT2D eigenvalue weighted by Gasteiger charge is -2.34. The Morgan fingerprint density at radius 2 is 1.88 bits per heavy atom. The van der Waals surface area contributed by atoms with Gasteiger partial charge in [0.2, 0.25) is 11.8 Å². The van der Waals surface area contributed by atoms with Gasteiger partial charge < -0.3 is 15.2 Å². The first kappa shape index (κ1) is 17.1. The van der Waals surface area contributed by atoms with Crippen LogP contribution < -0.4 is 10.6 Å². The summed E-state index contributed by atoms with van der Waals surface area (Å²) >= 11 is 0. The maximum Gasteiger partial charge on any atom is 0.241 e. The van der Waals surface area contributed by atoms with Crippen LogP contribution in [0, 0.1) is 0 Å². The predicted molar refractivity (Wildman–Crippen MR) is 96.4 cm³/mol. The highest BCUT2D eigenvalue weighted by Gasteiger charge is 2.27. The molecule has 0 atom stereocenters. The molecule has 8 heteroatoms. The number of fused-ring (bicyclic) bond motifs is 1. The highest BCUT2D eigenvalue weighted by molar-refractivity contribution is 5.96. The van der Waals surface area contributed by atoms with Crippen molar-refractivity contribution in [2.45, 2.75) is 19.5 Å². The van der Waals surface area contributed by atoms with Crippen molar-refractivity contribution >= 4 is 11.6 Å². The molecule has 26 heavy (non-hydrogen) atoms. The lowest BCUT2D eigenvalue weighted by atomic mass is 10.2. The molecule has 4 rings (SSSR count). The van der Waals surface area contributed by atoms with E-state index < -0.39 is 0 Å². The number of carbonyl (C=O) groups is 1. The third-order valence-electron chi connectivity index (χ3n) is 5.06. The Kier molecular flexibility index (Phi) is 4.96. The van der Waals surface area contributed by atoms with Crippen molar-refractivity contribution in [1.82, 2.24) is 19.9 Å². The van der Waals surface area contributed by atoms with Crippen LogP contribution in [0.2, 0.25) is 0 Å². The molecule has 8 nitrogen and oxygen atoms in total. The number of hydrogen-bond donors (Lipinski definition) is 1. The van der Waals surface area contributed by atoms with Gasteiger partial charge in [0.05, 0.1) is 19.6 Å². The predicted octanol–water partition coefficient (Wildman–Crippen LogP) is 0.235. The Hall–Kier alpha value is -2.29. The summed E-state index contributed by atoms with van der Waals surface area (Å²) in [5.74, 6) is 1.33. The molecule has 0 aliphatic carbocycles. The number of rotatable bonds is 5. The molecule has 0 spiro atoms. The lowest BCUT2D eigenvalue weighted by molar-refractivity contribution is -0.120. The molecular formula is C18H24N6O2. The summed E-state index contributed by atoms with van der Waals surface area (Å²) in [6, 6.07) is 8.18. The number of anilines is 1. The van der Waals surface area contributed by atoms with Crippen LogP contribution in [0.25, 0.3) is 0 Å². The molecule has 0 radical (unpaired) electrons. The van der Waals surface area contributed by atoms with E-state index >= 15 is 0 Å². The van der Waals surface area contributed by atoms with Crippen molar-refractivity contribution in [3.05, 3.63) is 41.5 Å². The number of aromatic nitrogens is 2. The fraction of sp³-hybridized carbons (Fsp3) is 0.500. The number of nitrogens with two attached hydrogens (primary N) is 1. The third kappa shape index (κ3) is 3.62. The number of hydrogen-bond acceptors (Lipinski definition) is 7. The largest absolute Gasteiger partial charge is 0.338 e. The van der Waals surface area contributed by atoms with Crippen LogP contribution in [0.4, 0.5) is 5.69 Å². The summed E-state index contributed by atoms with van der Waals surface area (Å²) in [6.07, 6.45) is 0.950. The molecule has 2 aliphatic heterocycles. The Morgan fingerprint density at radius 1 is 1.12 bits per heavy atom. The van der Waals surface area contributed by atoms with E-state index in [9.17, 15) is 4.79 Å². The van der Waals surface area contributed by atoms with Crippen LogP contribution in [0.5, 0.6) is 0 Å². The molecule has 0 bridgehead atoms. The molecule has 2 aliphatic rings. The van der Waals surface area contributed by atoms with Gasteiger partial charge in [0, 0.05) is 38.4 Å². The van der Waals surface area contributed by atoms with E-state index in [1.54, 1.807) is 0 Å². The van der Waals surface area contributed by atoms with Crippen LogP contribution in [0.1, 0.15) is 17.3 Å². The number of amides is 1. The topological polar surface area (TPSA) is 91.7 Å². The number of carbonyl (C=O) groups excluding carboxylic acids is 1. The van der Waals surface area contributed by atoms with Gasteiger partial charge in [0.15, 0.2) is 5.82 Å². The van der Waals surface area contributed by atoms with Gasteiger partial charge in [-0.05, 0) is 18.1 Å². The first-order valence-corrected chi connectivity index (χ1v) is 9.07. The van der Waals surface area contributed by atoms with Gasteiger partial charge >= 0.3 is 0 Å². The molecule has 2 aromatic rings. The van der Waals surface area contributed by atoms with E-state index in [1.807, 2.05) is 23.1 Å². The highest BCUT2D eigenvalue weighted by atomic mass is 16.5. The molecule has 0 saturated carbocycles. The summed E-state index contributed by atoms with van der Waals surface area (Å²) in [5.41, 5.74) is 7.83. The normalized spacial score (nSPS) is 18.3. The second kappa shape index (κ2) is 7.53. The fourth-order valence-electron chi connectivity index (χ4n) is 3.62. The Morgan fingerprint density at radius 3 is 2.65 bits per heavy atom. The minimum atomic E-state index is 0.189. The first-order valence-electron chi connectivity index (χ1n) is 9.07. The van der Waals surface area contributed by atoms with Gasteiger partial charge in [-0.1, -0.05) is 23.4 Å². The van der Waals surface area contributed by atoms with Crippen LogP contribution in [0.15, 0.2) is 28.8 Å². The van der Waals surface area contributed by atoms with Gasteiger partial charge in [0.25, 0.3) is 0 Å². The Bertz CT molecular complexity index is 769. The molecular weight excluding hydrogens is 332 g/mol. The molecule has 138 valence electrons. The molecule has 1 saturated heterocycles. The van der Waals surface area contributed by atoms with E-state index in [1.165, 1.54) is 5.56 Å². The number of para-hydroxylation sites is 1. The number of benzene rings is 1. The SMILES string of the molecule is NCc1nc(CN2CCN(CC(=O)N3CCc4ccccc43)CC2)no1. The maximum atomic E-state index is 12.7. The highest BCUT2D eigenvalue weighted by Crippen LogP contribution is 2.27. The number of nitrogens with zero attached hydrogens (tertiary/aromatic N) is 5. The molecule has 1 aromatic carbocycles. The van der Waals surface area contributed by atoms with Gasteiger partial charge in [0.1, 0.15) is 0 Å². The molecule has 2 N–H and O–H groups in total. The van der Waals surface area contributed by atoms with Crippen LogP contribution in [0.3, 0.4) is 0 Å². The summed E-state index contributed by atoms with van der Waals surface area (Å²) in [6.45, 7) is 5.69. The molecule has 0 unspecified atom stereocenters. The molecule has 1 aromatic heterocycles. The van der Waals surface area contributed by atoms with E-state index in [0.29, 0.717) is 24.8 Å². The molecule has 1 amide bonds. The van der Waals surface area contributed by atoms with Crippen molar-refractivity contribution in [2.24, 2.45) is 5.73 Å². The minimum Gasteiger partial charge on any atom is -0.338 e. The Labute approximate surface area is 152 Å². The Balaban J connectivity index is 1.27. The second-order valence-corrected chi connectivity index (χ2v) is 6.78. The summed E-state index contributed by atoms with van der Waals surface area (Å²) in [7, 11) is 0. The number of piperazine rings is 1. The standard InChI is InChI=1S/C18H24N6O2/c19-11-17-20-16(21-26-17)12-22-7-9-23(10-8-22)13-18(25)24-6-5-14-3-1-2-4-15(14)24/h1-4H,5-13,19H2. The van der Waals surface area contributed by atoms with E-state index in [2.05, 4.69) is 26.0 Å². The first-order chi connectivity index (χ1) is 12.7. The zero-order valence-electron chi connectivity index (χ0n) is 14.8. The van der Waals surface area contributed by atoms with Crippen LogP contribution >= 0.6 is 0 Å². The van der Waals surface area contributed by atoms with Gasteiger partial charge in [-0.15, -0.1) is 0 Å². The summed E-state index contributed by atoms with van der Waals surface area (Å²) in [5, 5.41) is 3.94. The molecule has 1 fully saturated rings. The van der Waals surface area contributed by atoms with E-state index in [4.69, 9.17) is 10.3 Å². The van der Waals surface area contributed by atoms with Crippen molar-refractivity contribution in [1.29, 1.82) is 0 Å². The quantitative estimate of drug-likeness (QED) is 0.820. The van der Waals surface area contributed by atoms with E-state index in [0.717, 1.165) is 44.8 Å². The molecule has 3 heterocycles. The van der Waals surface area contributed by atoms with Crippen LogP contribution in [-0.4, -0.2) is 65.1 Å². The zero-order chi connectivity index (χ0) is 17.9. The lowest BCUT2D eigenvalue weighted by Crippen LogP contribution is -2.49. The summed E-state index contributed by atoms with van der Waals surface area (Å²) < 4.78 is 5.04. The third-order valence-corrected chi connectivity index (χ3v) is 5.06. The zero-order valence-corrected chi connectivity index (χ0v) is 14.8. The van der Waals surface area contributed by atoms with Crippen molar-refractivity contribution in [3.63, 3.8) is 0 Å². The van der Waals surface area contributed by atoms with Crippen molar-refractivity contribution < 1.29 is 9.32 Å².